The molecular formula is C13H25FO. The van der Waals surface area contributed by atoms with E-state index in [-0.39, 0.29) is 5.78 Å². The van der Waals surface area contributed by atoms with E-state index in [0.717, 1.165) is 12.8 Å². The number of hydrogen-bond acceptors (Lipinski definition) is 1. The molecule has 0 unspecified atom stereocenters. The first-order valence-corrected chi connectivity index (χ1v) is 6.33. The number of carbonyl (C=O) groups excluding carboxylic acids is 1. The van der Waals surface area contributed by atoms with Gasteiger partial charge in [-0.3, -0.25) is 4.79 Å². The van der Waals surface area contributed by atoms with Crippen LogP contribution in [0.1, 0.15) is 71.6 Å². The van der Waals surface area contributed by atoms with Gasteiger partial charge in [0.05, 0.1) is 0 Å². The highest BCUT2D eigenvalue weighted by molar-refractivity contribution is 5.80. The quantitative estimate of drug-likeness (QED) is 0.493. The predicted octanol–water partition coefficient (Wildman–Crippen LogP) is 4.44. The van der Waals surface area contributed by atoms with E-state index in [1.807, 2.05) is 0 Å². The number of carbonyl (C=O) groups is 1. The molecule has 0 aliphatic rings. The number of Topliss-reactive ketones (excluding diaryl/α,β-unsaturated/α-hetero) is 1. The largest absolute Gasteiger partial charge is 0.297 e. The Morgan fingerprint density at radius 2 is 1.47 bits per heavy atom. The van der Waals surface area contributed by atoms with Crippen LogP contribution in [0, 0.1) is 0 Å². The minimum atomic E-state index is -1.22. The highest BCUT2D eigenvalue weighted by Gasteiger charge is 2.10. The summed E-state index contributed by atoms with van der Waals surface area (Å²) in [6.45, 7) is 3.54. The molecule has 1 atom stereocenters. The topological polar surface area (TPSA) is 17.1 Å². The minimum absolute atomic E-state index is 0.321. The number of rotatable bonds is 10. The number of ketones is 1. The zero-order valence-electron chi connectivity index (χ0n) is 10.2. The summed E-state index contributed by atoms with van der Waals surface area (Å²) >= 11 is 0. The second kappa shape index (κ2) is 10.1. The molecule has 0 spiro atoms. The molecule has 2 heteroatoms. The summed E-state index contributed by atoms with van der Waals surface area (Å²) in [7, 11) is 0. The molecular weight excluding hydrogens is 191 g/mol. The van der Waals surface area contributed by atoms with Crippen molar-refractivity contribution in [3.05, 3.63) is 0 Å². The summed E-state index contributed by atoms with van der Waals surface area (Å²) in [5.41, 5.74) is 0. The third-order valence-corrected chi connectivity index (χ3v) is 2.75. The maximum atomic E-state index is 12.9. The molecule has 1 nitrogen and oxygen atoms in total. The van der Waals surface area contributed by atoms with Crippen molar-refractivity contribution in [3.8, 4) is 0 Å². The first kappa shape index (κ1) is 14.6. The second-order valence-electron chi connectivity index (χ2n) is 4.34. The molecule has 0 aliphatic heterocycles. The first-order valence-electron chi connectivity index (χ1n) is 6.33. The summed E-state index contributed by atoms with van der Waals surface area (Å²) in [5, 5.41) is 0. The Hall–Kier alpha value is -0.400. The maximum Gasteiger partial charge on any atom is 0.163 e. The zero-order valence-corrected chi connectivity index (χ0v) is 10.2. The average molecular weight is 216 g/mol. The molecule has 0 rings (SSSR count). The molecule has 0 bridgehead atoms. The Morgan fingerprint density at radius 1 is 1.00 bits per heavy atom. The fourth-order valence-electron chi connectivity index (χ4n) is 1.66. The van der Waals surface area contributed by atoms with Gasteiger partial charge in [-0.2, -0.15) is 0 Å². The highest BCUT2D eigenvalue weighted by atomic mass is 19.1. The normalized spacial score (nSPS) is 12.7. The lowest BCUT2D eigenvalue weighted by Crippen LogP contribution is -2.10. The van der Waals surface area contributed by atoms with E-state index in [4.69, 9.17) is 0 Å². The van der Waals surface area contributed by atoms with Crippen molar-refractivity contribution in [3.63, 3.8) is 0 Å². The molecule has 90 valence electrons. The highest BCUT2D eigenvalue weighted by Crippen LogP contribution is 2.12. The van der Waals surface area contributed by atoms with Crippen LogP contribution in [0.2, 0.25) is 0 Å². The fourth-order valence-corrected chi connectivity index (χ4v) is 1.66. The van der Waals surface area contributed by atoms with Crippen molar-refractivity contribution in [2.24, 2.45) is 0 Å². The monoisotopic (exact) mass is 216 g/mol. The Bertz CT molecular complexity index is 157. The lowest BCUT2D eigenvalue weighted by molar-refractivity contribution is -0.121. The van der Waals surface area contributed by atoms with E-state index in [0.29, 0.717) is 6.42 Å². The van der Waals surface area contributed by atoms with E-state index in [2.05, 4.69) is 6.92 Å². The van der Waals surface area contributed by atoms with Gasteiger partial charge in [-0.05, 0) is 13.3 Å². The molecule has 0 aromatic carbocycles. The van der Waals surface area contributed by atoms with Crippen LogP contribution in [0.25, 0.3) is 0 Å². The first-order chi connectivity index (χ1) is 7.18. The van der Waals surface area contributed by atoms with Crippen LogP contribution < -0.4 is 0 Å². The van der Waals surface area contributed by atoms with E-state index < -0.39 is 6.17 Å². The Morgan fingerprint density at radius 3 is 1.93 bits per heavy atom. The zero-order chi connectivity index (χ0) is 11.5. The summed E-state index contributed by atoms with van der Waals surface area (Å²) in [6, 6.07) is 0. The third-order valence-electron chi connectivity index (χ3n) is 2.75. The van der Waals surface area contributed by atoms with Gasteiger partial charge in [0.25, 0.3) is 0 Å². The molecule has 15 heavy (non-hydrogen) atoms. The lowest BCUT2D eigenvalue weighted by Gasteiger charge is -2.04. The van der Waals surface area contributed by atoms with E-state index in [1.54, 1.807) is 0 Å². The van der Waals surface area contributed by atoms with E-state index in [9.17, 15) is 9.18 Å². The SMILES string of the molecule is CCCCCCCCCC[C@@H](F)C(C)=O. The lowest BCUT2D eigenvalue weighted by atomic mass is 10.1. The number of alkyl halides is 1. The van der Waals surface area contributed by atoms with Gasteiger partial charge in [-0.15, -0.1) is 0 Å². The number of unbranched alkanes of at least 4 members (excludes halogenated alkanes) is 7. The van der Waals surface area contributed by atoms with Crippen LogP contribution in [-0.4, -0.2) is 12.0 Å². The van der Waals surface area contributed by atoms with Gasteiger partial charge in [0, 0.05) is 0 Å². The van der Waals surface area contributed by atoms with Gasteiger partial charge in [-0.25, -0.2) is 4.39 Å². The molecule has 0 N–H and O–H groups in total. The summed E-state index contributed by atoms with van der Waals surface area (Å²) in [6.07, 6.45) is 8.82. The molecule has 0 aromatic heterocycles. The van der Waals surface area contributed by atoms with Crippen molar-refractivity contribution in [2.75, 3.05) is 0 Å². The van der Waals surface area contributed by atoms with Crippen molar-refractivity contribution in [1.82, 2.24) is 0 Å². The standard InChI is InChI=1S/C13H25FO/c1-3-4-5-6-7-8-9-10-11-13(14)12(2)15/h13H,3-11H2,1-2H3/t13-/m1/s1. The van der Waals surface area contributed by atoms with Crippen molar-refractivity contribution in [2.45, 2.75) is 77.8 Å². The minimum Gasteiger partial charge on any atom is -0.297 e. The molecule has 0 heterocycles. The number of halogens is 1. The van der Waals surface area contributed by atoms with Gasteiger partial charge in [-0.1, -0.05) is 58.3 Å². The fraction of sp³-hybridized carbons (Fsp3) is 0.923. The summed E-state index contributed by atoms with van der Waals surface area (Å²) < 4.78 is 12.9. The summed E-state index contributed by atoms with van der Waals surface area (Å²) in [5.74, 6) is -0.321. The smallest absolute Gasteiger partial charge is 0.163 e. The molecule has 0 aromatic rings. The van der Waals surface area contributed by atoms with Crippen molar-refractivity contribution >= 4 is 5.78 Å². The van der Waals surface area contributed by atoms with Gasteiger partial charge >= 0.3 is 0 Å². The molecule has 0 fully saturated rings. The Balaban J connectivity index is 3.08. The van der Waals surface area contributed by atoms with Crippen LogP contribution in [-0.2, 0) is 4.79 Å². The van der Waals surface area contributed by atoms with E-state index in [1.165, 1.54) is 45.4 Å². The number of hydrogen-bond donors (Lipinski definition) is 0. The Kier molecular flexibility index (Phi) is 9.86. The van der Waals surface area contributed by atoms with Gasteiger partial charge < -0.3 is 0 Å². The van der Waals surface area contributed by atoms with E-state index >= 15 is 0 Å². The second-order valence-corrected chi connectivity index (χ2v) is 4.34. The van der Waals surface area contributed by atoms with Crippen LogP contribution in [0.15, 0.2) is 0 Å². The van der Waals surface area contributed by atoms with Crippen molar-refractivity contribution in [1.29, 1.82) is 0 Å². The molecule has 0 amide bonds. The third kappa shape index (κ3) is 9.89. The van der Waals surface area contributed by atoms with Gasteiger partial charge in [0.2, 0.25) is 0 Å². The molecule has 0 saturated carbocycles. The average Bonchev–Trinajstić information content (AvgIpc) is 2.21. The van der Waals surface area contributed by atoms with Crippen molar-refractivity contribution < 1.29 is 9.18 Å². The predicted molar refractivity (Wildman–Crippen MR) is 62.8 cm³/mol. The molecule has 0 aliphatic carbocycles. The van der Waals surface area contributed by atoms with Crippen LogP contribution in [0.3, 0.4) is 0 Å². The van der Waals surface area contributed by atoms with Gasteiger partial charge in [0.1, 0.15) is 0 Å². The Labute approximate surface area is 93.4 Å². The van der Waals surface area contributed by atoms with Gasteiger partial charge in [0.15, 0.2) is 12.0 Å². The summed E-state index contributed by atoms with van der Waals surface area (Å²) in [4.78, 5) is 10.6. The maximum absolute atomic E-state index is 12.9. The van der Waals surface area contributed by atoms with Crippen LogP contribution in [0.4, 0.5) is 4.39 Å². The molecule has 0 saturated heterocycles. The van der Waals surface area contributed by atoms with Crippen LogP contribution in [0.5, 0.6) is 0 Å². The molecule has 0 radical (unpaired) electrons. The van der Waals surface area contributed by atoms with Crippen LogP contribution >= 0.6 is 0 Å².